The molecule has 2 heterocycles. The van der Waals surface area contributed by atoms with Crippen LogP contribution in [0.4, 0.5) is 11.4 Å². The van der Waals surface area contributed by atoms with Gasteiger partial charge < -0.3 is 10.2 Å². The van der Waals surface area contributed by atoms with E-state index in [9.17, 15) is 0 Å². The predicted molar refractivity (Wildman–Crippen MR) is 78.3 cm³/mol. The molecule has 1 aliphatic rings. The molecule has 1 aromatic heterocycles. The van der Waals surface area contributed by atoms with E-state index in [4.69, 9.17) is 0 Å². The van der Waals surface area contributed by atoms with Gasteiger partial charge in [-0.25, -0.2) is 0 Å². The number of hydrogen-bond donors (Lipinski definition) is 1. The van der Waals surface area contributed by atoms with Gasteiger partial charge in [0.05, 0.1) is 23.8 Å². The van der Waals surface area contributed by atoms with E-state index in [0.717, 1.165) is 18.7 Å². The fourth-order valence-corrected chi connectivity index (χ4v) is 2.61. The van der Waals surface area contributed by atoms with Crippen molar-refractivity contribution in [3.05, 3.63) is 18.5 Å². The van der Waals surface area contributed by atoms with Crippen LogP contribution in [0.2, 0.25) is 0 Å². The first-order valence-corrected chi connectivity index (χ1v) is 7.27. The van der Waals surface area contributed by atoms with Crippen molar-refractivity contribution in [1.29, 1.82) is 0 Å². The first-order valence-electron chi connectivity index (χ1n) is 7.27. The van der Waals surface area contributed by atoms with Crippen LogP contribution >= 0.6 is 0 Å². The van der Waals surface area contributed by atoms with E-state index in [1.807, 2.05) is 12.4 Å². The molecule has 1 aromatic rings. The van der Waals surface area contributed by atoms with Gasteiger partial charge >= 0.3 is 0 Å². The summed E-state index contributed by atoms with van der Waals surface area (Å²) in [5.41, 5.74) is 2.41. The molecule has 100 valence electrons. The molecule has 3 heteroatoms. The molecule has 0 spiro atoms. The van der Waals surface area contributed by atoms with Crippen LogP contribution in [0.3, 0.4) is 0 Å². The lowest BCUT2D eigenvalue weighted by Gasteiger charge is -2.29. The van der Waals surface area contributed by atoms with Crippen LogP contribution in [0.25, 0.3) is 0 Å². The average molecular weight is 247 g/mol. The number of anilines is 2. The monoisotopic (exact) mass is 247 g/mol. The molecular formula is C15H25N3. The fourth-order valence-electron chi connectivity index (χ4n) is 2.61. The molecule has 18 heavy (non-hydrogen) atoms. The minimum Gasteiger partial charge on any atom is -0.384 e. The SMILES string of the molecule is CCCNc1cncc(N2CCCCCC2C)c1. The first kappa shape index (κ1) is 13.2. The largest absolute Gasteiger partial charge is 0.384 e. The summed E-state index contributed by atoms with van der Waals surface area (Å²) in [6, 6.07) is 2.88. The van der Waals surface area contributed by atoms with Crippen LogP contribution in [0.1, 0.15) is 46.0 Å². The lowest BCUT2D eigenvalue weighted by molar-refractivity contribution is 0.615. The molecule has 1 saturated heterocycles. The van der Waals surface area contributed by atoms with Crippen molar-refractivity contribution in [3.8, 4) is 0 Å². The summed E-state index contributed by atoms with van der Waals surface area (Å²) in [7, 11) is 0. The summed E-state index contributed by atoms with van der Waals surface area (Å²) in [4.78, 5) is 6.88. The van der Waals surface area contributed by atoms with E-state index in [1.54, 1.807) is 0 Å². The highest BCUT2D eigenvalue weighted by Gasteiger charge is 2.17. The normalized spacial score (nSPS) is 20.6. The summed E-state index contributed by atoms with van der Waals surface area (Å²) in [6.45, 7) is 6.69. The number of rotatable bonds is 4. The molecule has 0 radical (unpaired) electrons. The van der Waals surface area contributed by atoms with E-state index in [1.165, 1.54) is 37.9 Å². The average Bonchev–Trinajstić information content (AvgIpc) is 2.61. The van der Waals surface area contributed by atoms with Crippen LogP contribution < -0.4 is 10.2 Å². The third kappa shape index (κ3) is 3.37. The standard InChI is InChI=1S/C15H25N3/c1-3-8-17-14-10-15(12-16-11-14)18-9-6-4-5-7-13(18)2/h10-13,17H,3-9H2,1-2H3. The van der Waals surface area contributed by atoms with Gasteiger partial charge in [-0.15, -0.1) is 0 Å². The number of hydrogen-bond acceptors (Lipinski definition) is 3. The Labute approximate surface area is 111 Å². The molecule has 1 aliphatic heterocycles. The van der Waals surface area contributed by atoms with E-state index in [2.05, 4.69) is 35.1 Å². The summed E-state index contributed by atoms with van der Waals surface area (Å²) >= 11 is 0. The molecule has 2 rings (SSSR count). The molecule has 0 aliphatic carbocycles. The van der Waals surface area contributed by atoms with Crippen LogP contribution in [0.5, 0.6) is 0 Å². The predicted octanol–water partition coefficient (Wildman–Crippen LogP) is 3.67. The Kier molecular flexibility index (Phi) is 4.85. The molecule has 1 N–H and O–H groups in total. The Bertz CT molecular complexity index is 365. The highest BCUT2D eigenvalue weighted by atomic mass is 15.2. The highest BCUT2D eigenvalue weighted by Crippen LogP contribution is 2.25. The van der Waals surface area contributed by atoms with Crippen LogP contribution in [-0.2, 0) is 0 Å². The van der Waals surface area contributed by atoms with Crippen LogP contribution in [0.15, 0.2) is 18.5 Å². The van der Waals surface area contributed by atoms with E-state index in [0.29, 0.717) is 6.04 Å². The van der Waals surface area contributed by atoms with Crippen molar-refractivity contribution in [1.82, 2.24) is 4.98 Å². The van der Waals surface area contributed by atoms with Gasteiger partial charge in [-0.2, -0.15) is 0 Å². The lowest BCUT2D eigenvalue weighted by atomic mass is 10.1. The molecular weight excluding hydrogens is 222 g/mol. The minimum absolute atomic E-state index is 0.635. The van der Waals surface area contributed by atoms with Gasteiger partial charge in [0, 0.05) is 19.1 Å². The van der Waals surface area contributed by atoms with Crippen molar-refractivity contribution in [2.24, 2.45) is 0 Å². The van der Waals surface area contributed by atoms with Crippen molar-refractivity contribution in [2.75, 3.05) is 23.3 Å². The highest BCUT2D eigenvalue weighted by molar-refractivity contribution is 5.56. The first-order chi connectivity index (χ1) is 8.81. The van der Waals surface area contributed by atoms with E-state index in [-0.39, 0.29) is 0 Å². The van der Waals surface area contributed by atoms with Crippen LogP contribution in [-0.4, -0.2) is 24.1 Å². The maximum atomic E-state index is 4.37. The Balaban J connectivity index is 2.10. The third-order valence-electron chi connectivity index (χ3n) is 3.69. The Hall–Kier alpha value is -1.25. The Morgan fingerprint density at radius 1 is 1.33 bits per heavy atom. The zero-order valence-corrected chi connectivity index (χ0v) is 11.7. The second kappa shape index (κ2) is 6.62. The van der Waals surface area contributed by atoms with Crippen LogP contribution in [0, 0.1) is 0 Å². The molecule has 1 fully saturated rings. The smallest absolute Gasteiger partial charge is 0.0575 e. The third-order valence-corrected chi connectivity index (χ3v) is 3.69. The zero-order chi connectivity index (χ0) is 12.8. The van der Waals surface area contributed by atoms with Gasteiger partial charge in [-0.3, -0.25) is 4.98 Å². The van der Waals surface area contributed by atoms with Gasteiger partial charge in [0.2, 0.25) is 0 Å². The van der Waals surface area contributed by atoms with Gasteiger partial charge in [-0.1, -0.05) is 19.8 Å². The maximum absolute atomic E-state index is 4.37. The van der Waals surface area contributed by atoms with Crippen molar-refractivity contribution in [2.45, 2.75) is 52.0 Å². The summed E-state index contributed by atoms with van der Waals surface area (Å²) in [6.07, 6.45) is 10.4. The second-order valence-electron chi connectivity index (χ2n) is 5.25. The molecule has 1 unspecified atom stereocenters. The quantitative estimate of drug-likeness (QED) is 0.880. The minimum atomic E-state index is 0.635. The van der Waals surface area contributed by atoms with E-state index >= 15 is 0 Å². The van der Waals surface area contributed by atoms with Gasteiger partial charge in [0.15, 0.2) is 0 Å². The summed E-state index contributed by atoms with van der Waals surface area (Å²) in [5, 5.41) is 3.42. The summed E-state index contributed by atoms with van der Waals surface area (Å²) < 4.78 is 0. The maximum Gasteiger partial charge on any atom is 0.0575 e. The van der Waals surface area contributed by atoms with Crippen molar-refractivity contribution in [3.63, 3.8) is 0 Å². The molecule has 0 bridgehead atoms. The number of pyridine rings is 1. The molecule has 0 aromatic carbocycles. The lowest BCUT2D eigenvalue weighted by Crippen LogP contribution is -2.32. The number of nitrogens with one attached hydrogen (secondary N) is 1. The topological polar surface area (TPSA) is 28.2 Å². The molecule has 3 nitrogen and oxygen atoms in total. The molecule has 1 atom stereocenters. The summed E-state index contributed by atoms with van der Waals surface area (Å²) in [5.74, 6) is 0. The number of nitrogens with zero attached hydrogens (tertiary/aromatic N) is 2. The molecule has 0 saturated carbocycles. The zero-order valence-electron chi connectivity index (χ0n) is 11.7. The fraction of sp³-hybridized carbons (Fsp3) is 0.667. The second-order valence-corrected chi connectivity index (χ2v) is 5.25. The molecule has 0 amide bonds. The Morgan fingerprint density at radius 3 is 3.06 bits per heavy atom. The van der Waals surface area contributed by atoms with Crippen molar-refractivity contribution >= 4 is 11.4 Å². The van der Waals surface area contributed by atoms with Gasteiger partial charge in [0.25, 0.3) is 0 Å². The number of aromatic nitrogens is 1. The van der Waals surface area contributed by atoms with Crippen molar-refractivity contribution < 1.29 is 0 Å². The van der Waals surface area contributed by atoms with Gasteiger partial charge in [0.1, 0.15) is 0 Å². The van der Waals surface area contributed by atoms with E-state index < -0.39 is 0 Å². The Morgan fingerprint density at radius 2 is 2.22 bits per heavy atom. The van der Waals surface area contributed by atoms with Gasteiger partial charge in [-0.05, 0) is 32.3 Å².